The van der Waals surface area contributed by atoms with Crippen LogP contribution in [0.5, 0.6) is 0 Å². The van der Waals surface area contributed by atoms with Crippen LogP contribution < -0.4 is 5.32 Å². The first-order chi connectivity index (χ1) is 10.8. The summed E-state index contributed by atoms with van der Waals surface area (Å²) in [4.78, 5) is 13.6. The van der Waals surface area contributed by atoms with E-state index in [1.807, 2.05) is 35.1 Å². The molecule has 0 spiro atoms. The van der Waals surface area contributed by atoms with Gasteiger partial charge in [-0.2, -0.15) is 0 Å². The number of nitrogens with zero attached hydrogens (tertiary/aromatic N) is 4. The molecule has 112 valence electrons. The number of hydrogen-bond acceptors (Lipinski definition) is 4. The third-order valence-electron chi connectivity index (χ3n) is 4.14. The van der Waals surface area contributed by atoms with Crippen molar-refractivity contribution in [3.8, 4) is 11.4 Å². The minimum Gasteiger partial charge on any atom is -0.317 e. The van der Waals surface area contributed by atoms with Gasteiger partial charge in [-0.05, 0) is 38.1 Å². The van der Waals surface area contributed by atoms with Crippen molar-refractivity contribution in [2.45, 2.75) is 18.8 Å². The maximum Gasteiger partial charge on any atom is 0.137 e. The molecule has 5 nitrogen and oxygen atoms in total. The van der Waals surface area contributed by atoms with Crippen molar-refractivity contribution >= 4 is 17.2 Å². The third-order valence-corrected chi connectivity index (χ3v) is 4.37. The highest BCUT2D eigenvalue weighted by Crippen LogP contribution is 2.26. The smallest absolute Gasteiger partial charge is 0.137 e. The van der Waals surface area contributed by atoms with Gasteiger partial charge in [-0.1, -0.05) is 11.6 Å². The summed E-state index contributed by atoms with van der Waals surface area (Å²) in [6.45, 7) is 2.09. The molecule has 3 aromatic heterocycles. The number of rotatable bonds is 2. The standard InChI is InChI=1S/C16H16ClN5/c17-12-1-2-16-20-9-15(22(16)10-12)14-8-19-7-13(21-14)11-3-5-18-6-4-11/h1-2,7-11,18H,3-6H2. The van der Waals surface area contributed by atoms with E-state index >= 15 is 0 Å². The molecule has 0 aromatic carbocycles. The average Bonchev–Trinajstić information content (AvgIpc) is 2.99. The summed E-state index contributed by atoms with van der Waals surface area (Å²) < 4.78 is 1.96. The van der Waals surface area contributed by atoms with Gasteiger partial charge in [0.15, 0.2) is 0 Å². The summed E-state index contributed by atoms with van der Waals surface area (Å²) >= 11 is 6.10. The minimum absolute atomic E-state index is 0.483. The molecule has 1 N–H and O–H groups in total. The summed E-state index contributed by atoms with van der Waals surface area (Å²) in [6.07, 6.45) is 9.57. The highest BCUT2D eigenvalue weighted by molar-refractivity contribution is 6.30. The van der Waals surface area contributed by atoms with Gasteiger partial charge in [0.05, 0.1) is 28.8 Å². The molecule has 3 aromatic rings. The van der Waals surface area contributed by atoms with E-state index in [0.29, 0.717) is 10.9 Å². The molecule has 4 rings (SSSR count). The fraction of sp³-hybridized carbons (Fsp3) is 0.312. The topological polar surface area (TPSA) is 55.1 Å². The lowest BCUT2D eigenvalue weighted by molar-refractivity contribution is 0.452. The molecule has 0 aliphatic carbocycles. The molecule has 0 bridgehead atoms. The molecule has 1 fully saturated rings. The van der Waals surface area contributed by atoms with E-state index in [1.54, 1.807) is 6.20 Å². The molecule has 1 aliphatic heterocycles. The van der Waals surface area contributed by atoms with E-state index in [2.05, 4.69) is 15.3 Å². The number of aromatic nitrogens is 4. The normalized spacial score (nSPS) is 16.2. The van der Waals surface area contributed by atoms with Crippen molar-refractivity contribution in [2.75, 3.05) is 13.1 Å². The number of halogens is 1. The molecule has 22 heavy (non-hydrogen) atoms. The second kappa shape index (κ2) is 5.66. The van der Waals surface area contributed by atoms with Gasteiger partial charge in [0.1, 0.15) is 11.3 Å². The Labute approximate surface area is 133 Å². The predicted octanol–water partition coefficient (Wildman–Crippen LogP) is 2.91. The maximum atomic E-state index is 6.10. The molecule has 0 radical (unpaired) electrons. The molecule has 0 atom stereocenters. The first kappa shape index (κ1) is 13.7. The van der Waals surface area contributed by atoms with Crippen molar-refractivity contribution < 1.29 is 0 Å². The van der Waals surface area contributed by atoms with E-state index in [4.69, 9.17) is 16.6 Å². The minimum atomic E-state index is 0.483. The zero-order valence-corrected chi connectivity index (χ0v) is 12.8. The molecule has 6 heteroatoms. The summed E-state index contributed by atoms with van der Waals surface area (Å²) in [7, 11) is 0. The van der Waals surface area contributed by atoms with Crippen molar-refractivity contribution in [3.05, 3.63) is 47.6 Å². The van der Waals surface area contributed by atoms with Crippen molar-refractivity contribution in [2.24, 2.45) is 0 Å². The Morgan fingerprint density at radius 2 is 2.00 bits per heavy atom. The Morgan fingerprint density at radius 3 is 2.86 bits per heavy atom. The highest BCUT2D eigenvalue weighted by atomic mass is 35.5. The summed E-state index contributed by atoms with van der Waals surface area (Å²) in [6, 6.07) is 3.74. The van der Waals surface area contributed by atoms with Crippen LogP contribution in [0.15, 0.2) is 36.9 Å². The fourth-order valence-corrected chi connectivity index (χ4v) is 3.12. The van der Waals surface area contributed by atoms with Gasteiger partial charge in [-0.25, -0.2) is 9.97 Å². The van der Waals surface area contributed by atoms with Crippen LogP contribution in [0.4, 0.5) is 0 Å². The van der Waals surface area contributed by atoms with Gasteiger partial charge in [0.2, 0.25) is 0 Å². The number of fused-ring (bicyclic) bond motifs is 1. The molecular weight excluding hydrogens is 298 g/mol. The lowest BCUT2D eigenvalue weighted by Crippen LogP contribution is -2.27. The highest BCUT2D eigenvalue weighted by Gasteiger charge is 2.18. The van der Waals surface area contributed by atoms with Gasteiger partial charge in [0, 0.05) is 18.3 Å². The van der Waals surface area contributed by atoms with E-state index in [9.17, 15) is 0 Å². The third kappa shape index (κ3) is 2.46. The summed E-state index contributed by atoms with van der Waals surface area (Å²) in [5.74, 6) is 0.483. The Balaban J connectivity index is 1.76. The summed E-state index contributed by atoms with van der Waals surface area (Å²) in [5, 5.41) is 4.06. The fourth-order valence-electron chi connectivity index (χ4n) is 2.96. The Hall–Kier alpha value is -1.98. The van der Waals surface area contributed by atoms with E-state index in [-0.39, 0.29) is 0 Å². The zero-order valence-electron chi connectivity index (χ0n) is 12.0. The summed E-state index contributed by atoms with van der Waals surface area (Å²) in [5.41, 5.74) is 3.68. The van der Waals surface area contributed by atoms with Crippen molar-refractivity contribution in [1.82, 2.24) is 24.7 Å². The lowest BCUT2D eigenvalue weighted by Gasteiger charge is -2.22. The Bertz CT molecular complexity index is 807. The van der Waals surface area contributed by atoms with Gasteiger partial charge >= 0.3 is 0 Å². The van der Waals surface area contributed by atoms with E-state index < -0.39 is 0 Å². The number of hydrogen-bond donors (Lipinski definition) is 1. The van der Waals surface area contributed by atoms with Gasteiger partial charge in [0.25, 0.3) is 0 Å². The van der Waals surface area contributed by atoms with Crippen LogP contribution in [0.1, 0.15) is 24.5 Å². The van der Waals surface area contributed by atoms with Crippen LogP contribution >= 0.6 is 11.6 Å². The number of pyridine rings is 1. The zero-order chi connectivity index (χ0) is 14.9. The second-order valence-corrected chi connectivity index (χ2v) is 6.01. The SMILES string of the molecule is Clc1ccc2ncc(-c3cncc(C4CCNCC4)n3)n2c1. The molecule has 1 saturated heterocycles. The van der Waals surface area contributed by atoms with Crippen molar-refractivity contribution in [3.63, 3.8) is 0 Å². The monoisotopic (exact) mass is 313 g/mol. The molecule has 0 saturated carbocycles. The largest absolute Gasteiger partial charge is 0.317 e. The van der Waals surface area contributed by atoms with Crippen LogP contribution in [0.2, 0.25) is 5.02 Å². The molecule has 1 aliphatic rings. The quantitative estimate of drug-likeness (QED) is 0.790. The lowest BCUT2D eigenvalue weighted by atomic mass is 9.95. The van der Waals surface area contributed by atoms with E-state index in [1.165, 1.54) is 0 Å². The number of nitrogens with one attached hydrogen (secondary N) is 1. The number of piperidine rings is 1. The second-order valence-electron chi connectivity index (χ2n) is 5.57. The van der Waals surface area contributed by atoms with Gasteiger partial charge in [-0.3, -0.25) is 9.38 Å². The van der Waals surface area contributed by atoms with E-state index in [0.717, 1.165) is 48.7 Å². The Kier molecular flexibility index (Phi) is 3.52. The molecule has 4 heterocycles. The van der Waals surface area contributed by atoms with Crippen LogP contribution in [0, 0.1) is 0 Å². The van der Waals surface area contributed by atoms with Gasteiger partial charge in [-0.15, -0.1) is 0 Å². The first-order valence-corrected chi connectivity index (χ1v) is 7.85. The predicted molar refractivity (Wildman–Crippen MR) is 86.1 cm³/mol. The first-order valence-electron chi connectivity index (χ1n) is 7.47. The van der Waals surface area contributed by atoms with Crippen LogP contribution in [0.25, 0.3) is 17.0 Å². The molecular formula is C16H16ClN5. The van der Waals surface area contributed by atoms with Crippen LogP contribution in [-0.2, 0) is 0 Å². The van der Waals surface area contributed by atoms with Crippen LogP contribution in [0.3, 0.4) is 0 Å². The molecule has 0 amide bonds. The van der Waals surface area contributed by atoms with Gasteiger partial charge < -0.3 is 5.32 Å². The number of imidazole rings is 1. The maximum absolute atomic E-state index is 6.10. The van der Waals surface area contributed by atoms with Crippen LogP contribution in [-0.4, -0.2) is 32.4 Å². The average molecular weight is 314 g/mol. The Morgan fingerprint density at radius 1 is 1.14 bits per heavy atom. The van der Waals surface area contributed by atoms with Crippen molar-refractivity contribution in [1.29, 1.82) is 0 Å². The molecule has 0 unspecified atom stereocenters.